The maximum absolute atomic E-state index is 13.9. The molecule has 2 amide bonds. The fraction of sp³-hybridized carbons (Fsp3) is 0.286. The van der Waals surface area contributed by atoms with Crippen LogP contribution in [0, 0.1) is 5.82 Å². The molecule has 0 saturated heterocycles. The van der Waals surface area contributed by atoms with E-state index in [9.17, 15) is 18.8 Å². The number of halogens is 1. The number of esters is 1. The van der Waals surface area contributed by atoms with Crippen LogP contribution in [0.15, 0.2) is 42.5 Å². The monoisotopic (exact) mass is 400 g/mol. The molecule has 2 aromatic rings. The summed E-state index contributed by atoms with van der Waals surface area (Å²) in [5.74, 6) is -2.52. The van der Waals surface area contributed by atoms with Gasteiger partial charge in [-0.1, -0.05) is 12.1 Å². The number of ether oxygens (including phenoxy) is 2. The van der Waals surface area contributed by atoms with Crippen LogP contribution in [0.3, 0.4) is 0 Å². The van der Waals surface area contributed by atoms with Crippen LogP contribution in [-0.4, -0.2) is 36.5 Å². The zero-order valence-corrected chi connectivity index (χ0v) is 16.5. The van der Waals surface area contributed by atoms with Gasteiger partial charge in [0.25, 0.3) is 5.91 Å². The number of carbonyl (C=O) groups is 3. The minimum atomic E-state index is -1.20. The number of anilines is 2. The van der Waals surface area contributed by atoms with Gasteiger partial charge in [0.15, 0.2) is 17.7 Å². The molecule has 0 saturated carbocycles. The second kappa shape index (κ2) is 7.54. The summed E-state index contributed by atoms with van der Waals surface area (Å²) in [5, 5.41) is 2.76. The van der Waals surface area contributed by atoms with E-state index in [0.29, 0.717) is 11.4 Å². The zero-order chi connectivity index (χ0) is 21.3. The van der Waals surface area contributed by atoms with E-state index >= 15 is 0 Å². The summed E-state index contributed by atoms with van der Waals surface area (Å²) in [6.45, 7) is 4.61. The van der Waals surface area contributed by atoms with Crippen LogP contribution in [0.25, 0.3) is 0 Å². The Morgan fingerprint density at radius 1 is 1.17 bits per heavy atom. The molecule has 0 radical (unpaired) electrons. The van der Waals surface area contributed by atoms with Gasteiger partial charge in [-0.25, -0.2) is 9.18 Å². The number of nitrogens with one attached hydrogen (secondary N) is 1. The third-order valence-corrected chi connectivity index (χ3v) is 4.75. The first-order chi connectivity index (χ1) is 13.7. The van der Waals surface area contributed by atoms with Crippen molar-refractivity contribution in [1.82, 2.24) is 0 Å². The Morgan fingerprint density at radius 3 is 2.52 bits per heavy atom. The molecule has 0 aromatic heterocycles. The molecule has 152 valence electrons. The number of nitrogens with zero attached hydrogens (tertiary/aromatic N) is 1. The molecule has 0 aliphatic carbocycles. The van der Waals surface area contributed by atoms with Gasteiger partial charge in [0, 0.05) is 0 Å². The second-order valence-corrected chi connectivity index (χ2v) is 7.10. The number of hydrogen-bond donors (Lipinski definition) is 1. The lowest BCUT2D eigenvalue weighted by Crippen LogP contribution is -2.60. The van der Waals surface area contributed by atoms with Crippen LogP contribution in [0.2, 0.25) is 0 Å². The summed E-state index contributed by atoms with van der Waals surface area (Å²) in [5.41, 5.74) is -0.265. The van der Waals surface area contributed by atoms with Crippen molar-refractivity contribution < 1.29 is 28.2 Å². The number of carbonyl (C=O) groups excluding carboxylic acids is 3. The molecule has 3 rings (SSSR count). The standard InChI is InChI=1S/C21H21FN2O5/c1-12(29-19(26)13-9-10-17(28-4)14(22)11-13)18(25)24-16-8-6-5-7-15(16)23-20(27)21(24,2)3/h5-12H,1-4H3,(H,23,27)/t12-/m1/s1. The summed E-state index contributed by atoms with van der Waals surface area (Å²) >= 11 is 0. The molecule has 1 heterocycles. The Hall–Kier alpha value is -3.42. The van der Waals surface area contributed by atoms with Crippen LogP contribution >= 0.6 is 0 Å². The fourth-order valence-corrected chi connectivity index (χ4v) is 3.10. The second-order valence-electron chi connectivity index (χ2n) is 7.10. The molecule has 29 heavy (non-hydrogen) atoms. The fourth-order valence-electron chi connectivity index (χ4n) is 3.10. The molecule has 1 aliphatic heterocycles. The molecular formula is C21H21FN2O5. The van der Waals surface area contributed by atoms with Crippen molar-refractivity contribution in [3.63, 3.8) is 0 Å². The van der Waals surface area contributed by atoms with Gasteiger partial charge in [-0.3, -0.25) is 14.5 Å². The highest BCUT2D eigenvalue weighted by Gasteiger charge is 2.45. The number of para-hydroxylation sites is 2. The van der Waals surface area contributed by atoms with Crippen LogP contribution in [-0.2, 0) is 14.3 Å². The molecule has 0 spiro atoms. The van der Waals surface area contributed by atoms with Crippen molar-refractivity contribution >= 4 is 29.2 Å². The molecule has 1 atom stereocenters. The van der Waals surface area contributed by atoms with Crippen molar-refractivity contribution in [2.75, 3.05) is 17.3 Å². The predicted octanol–water partition coefficient (Wildman–Crippen LogP) is 3.14. The van der Waals surface area contributed by atoms with Crippen molar-refractivity contribution in [3.8, 4) is 5.75 Å². The van der Waals surface area contributed by atoms with Crippen molar-refractivity contribution in [2.24, 2.45) is 0 Å². The van der Waals surface area contributed by atoms with Crippen LogP contribution in [0.4, 0.5) is 15.8 Å². The minimum Gasteiger partial charge on any atom is -0.494 e. The molecule has 0 unspecified atom stereocenters. The lowest BCUT2D eigenvalue weighted by atomic mass is 9.95. The van der Waals surface area contributed by atoms with Gasteiger partial charge >= 0.3 is 5.97 Å². The first-order valence-corrected chi connectivity index (χ1v) is 8.96. The topological polar surface area (TPSA) is 84.9 Å². The number of hydrogen-bond acceptors (Lipinski definition) is 5. The Labute approximate surface area is 167 Å². The van der Waals surface area contributed by atoms with Crippen LogP contribution in [0.5, 0.6) is 5.75 Å². The Morgan fingerprint density at radius 2 is 1.86 bits per heavy atom. The van der Waals surface area contributed by atoms with Crippen LogP contribution in [0.1, 0.15) is 31.1 Å². The lowest BCUT2D eigenvalue weighted by Gasteiger charge is -2.42. The largest absolute Gasteiger partial charge is 0.494 e. The molecular weight excluding hydrogens is 379 g/mol. The maximum atomic E-state index is 13.9. The van der Waals surface area contributed by atoms with Gasteiger partial charge in [-0.15, -0.1) is 0 Å². The summed E-state index contributed by atoms with van der Waals surface area (Å²) in [6.07, 6.45) is -1.20. The SMILES string of the molecule is COc1ccc(C(=O)O[C@H](C)C(=O)N2c3ccccc3NC(=O)C2(C)C)cc1F. The van der Waals surface area contributed by atoms with E-state index in [4.69, 9.17) is 9.47 Å². The summed E-state index contributed by atoms with van der Waals surface area (Å²) in [6, 6.07) is 10.5. The first-order valence-electron chi connectivity index (χ1n) is 8.96. The van der Waals surface area contributed by atoms with E-state index < -0.39 is 29.3 Å². The molecule has 1 N–H and O–H groups in total. The summed E-state index contributed by atoms with van der Waals surface area (Å²) in [7, 11) is 1.31. The van der Waals surface area contributed by atoms with E-state index in [0.717, 1.165) is 6.07 Å². The third-order valence-electron chi connectivity index (χ3n) is 4.75. The van der Waals surface area contributed by atoms with E-state index in [1.807, 2.05) is 0 Å². The number of amides is 2. The predicted molar refractivity (Wildman–Crippen MR) is 104 cm³/mol. The number of fused-ring (bicyclic) bond motifs is 1. The van der Waals surface area contributed by atoms with Gasteiger partial charge in [-0.2, -0.15) is 0 Å². The normalized spacial score (nSPS) is 15.8. The Kier molecular flexibility index (Phi) is 5.28. The number of methoxy groups -OCH3 is 1. The molecule has 7 nitrogen and oxygen atoms in total. The maximum Gasteiger partial charge on any atom is 0.339 e. The Bertz CT molecular complexity index is 989. The summed E-state index contributed by atoms with van der Waals surface area (Å²) in [4.78, 5) is 39.3. The summed E-state index contributed by atoms with van der Waals surface area (Å²) < 4.78 is 23.9. The van der Waals surface area contributed by atoms with Crippen molar-refractivity contribution in [3.05, 3.63) is 53.8 Å². The van der Waals surface area contributed by atoms with E-state index in [1.165, 1.54) is 31.1 Å². The van der Waals surface area contributed by atoms with E-state index in [2.05, 4.69) is 5.32 Å². The quantitative estimate of drug-likeness (QED) is 0.797. The van der Waals surface area contributed by atoms with E-state index in [1.54, 1.807) is 38.1 Å². The van der Waals surface area contributed by atoms with Crippen molar-refractivity contribution in [1.29, 1.82) is 0 Å². The molecule has 8 heteroatoms. The van der Waals surface area contributed by atoms with E-state index in [-0.39, 0.29) is 17.2 Å². The van der Waals surface area contributed by atoms with Gasteiger partial charge in [0.05, 0.1) is 24.0 Å². The average Bonchev–Trinajstić information content (AvgIpc) is 2.68. The molecule has 0 fully saturated rings. The average molecular weight is 400 g/mol. The highest BCUT2D eigenvalue weighted by molar-refractivity contribution is 6.15. The van der Waals surface area contributed by atoms with Gasteiger partial charge in [-0.05, 0) is 51.1 Å². The highest BCUT2D eigenvalue weighted by Crippen LogP contribution is 2.37. The van der Waals surface area contributed by atoms with Crippen LogP contribution < -0.4 is 15.0 Å². The lowest BCUT2D eigenvalue weighted by molar-refractivity contribution is -0.131. The smallest absolute Gasteiger partial charge is 0.339 e. The first kappa shape index (κ1) is 20.3. The van der Waals surface area contributed by atoms with Gasteiger partial charge in [0.2, 0.25) is 5.91 Å². The minimum absolute atomic E-state index is 0.0108. The number of benzene rings is 2. The third kappa shape index (κ3) is 3.65. The zero-order valence-electron chi connectivity index (χ0n) is 16.5. The highest BCUT2D eigenvalue weighted by atomic mass is 19.1. The molecule has 0 bridgehead atoms. The molecule has 1 aliphatic rings. The van der Waals surface area contributed by atoms with Crippen molar-refractivity contribution in [2.45, 2.75) is 32.4 Å². The van der Waals surface area contributed by atoms with Gasteiger partial charge < -0.3 is 14.8 Å². The Balaban J connectivity index is 1.85. The number of rotatable bonds is 4. The molecule has 2 aromatic carbocycles. The van der Waals surface area contributed by atoms with Gasteiger partial charge in [0.1, 0.15) is 5.54 Å².